The number of hydrogen-bond donors (Lipinski definition) is 2. The minimum absolute atomic E-state index is 0.0692. The molecular weight excluding hydrogens is 453 g/mol. The molecule has 11 heteroatoms. The topological polar surface area (TPSA) is 103 Å². The van der Waals surface area contributed by atoms with E-state index in [2.05, 4.69) is 22.1 Å². The first-order valence-corrected chi connectivity index (χ1v) is 10.8. The number of hydrogen-bond acceptors (Lipinski definition) is 6. The quantitative estimate of drug-likeness (QED) is 0.379. The fraction of sp³-hybridized carbons (Fsp3) is 0.111. The van der Waals surface area contributed by atoms with E-state index in [1.165, 1.54) is 23.1 Å². The zero-order valence-electron chi connectivity index (χ0n) is 14.9. The minimum atomic E-state index is -0.593. The van der Waals surface area contributed by atoms with Gasteiger partial charge in [0.2, 0.25) is 5.91 Å². The van der Waals surface area contributed by atoms with Gasteiger partial charge >= 0.3 is 0 Å². The summed E-state index contributed by atoms with van der Waals surface area (Å²) in [5.74, 6) is -0.271. The van der Waals surface area contributed by atoms with Crippen LogP contribution in [0.25, 0.3) is 11.4 Å². The maximum Gasteiger partial charge on any atom is 0.251 e. The third kappa shape index (κ3) is 4.99. The molecule has 3 rings (SSSR count). The smallest absolute Gasteiger partial charge is 0.251 e. The largest absolute Gasteiger partial charge is 0.366 e. The molecule has 2 heterocycles. The molecule has 0 atom stereocenters. The summed E-state index contributed by atoms with van der Waals surface area (Å²) in [5, 5.41) is 14.7. The van der Waals surface area contributed by atoms with Crippen LogP contribution in [0.2, 0.25) is 10.0 Å². The number of carbonyl (C=O) groups is 2. The van der Waals surface area contributed by atoms with Crippen molar-refractivity contribution in [2.75, 3.05) is 11.1 Å². The number of allylic oxidation sites excluding steroid dienone is 1. The molecule has 0 fully saturated rings. The number of nitrogens with zero attached hydrogens (tertiary/aromatic N) is 3. The lowest BCUT2D eigenvalue weighted by Crippen LogP contribution is -2.18. The van der Waals surface area contributed by atoms with Crippen LogP contribution in [0.1, 0.15) is 10.4 Å². The van der Waals surface area contributed by atoms with E-state index in [-0.39, 0.29) is 17.2 Å². The average Bonchev–Trinajstić information content (AvgIpc) is 3.28. The Morgan fingerprint density at radius 2 is 2.10 bits per heavy atom. The second-order valence-electron chi connectivity index (χ2n) is 5.69. The zero-order chi connectivity index (χ0) is 21.0. The fourth-order valence-corrected chi connectivity index (χ4v) is 4.50. The highest BCUT2D eigenvalue weighted by Crippen LogP contribution is 2.31. The van der Waals surface area contributed by atoms with Crippen molar-refractivity contribution in [2.24, 2.45) is 5.73 Å². The molecule has 7 nitrogen and oxygen atoms in total. The van der Waals surface area contributed by atoms with Gasteiger partial charge in [0, 0.05) is 17.1 Å². The number of thioether (sulfide) groups is 1. The van der Waals surface area contributed by atoms with Crippen molar-refractivity contribution < 1.29 is 9.59 Å². The molecule has 150 valence electrons. The molecule has 0 aliphatic carbocycles. The number of nitrogens with two attached hydrogens (primary N) is 1. The van der Waals surface area contributed by atoms with Crippen molar-refractivity contribution in [3.8, 4) is 11.4 Å². The lowest BCUT2D eigenvalue weighted by molar-refractivity contribution is -0.113. The zero-order valence-corrected chi connectivity index (χ0v) is 18.0. The molecule has 0 bridgehead atoms. The molecule has 0 saturated heterocycles. The van der Waals surface area contributed by atoms with E-state index < -0.39 is 5.91 Å². The van der Waals surface area contributed by atoms with Crippen molar-refractivity contribution in [2.45, 2.75) is 11.7 Å². The highest BCUT2D eigenvalue weighted by molar-refractivity contribution is 7.99. The van der Waals surface area contributed by atoms with Crippen LogP contribution in [0.3, 0.4) is 0 Å². The minimum Gasteiger partial charge on any atom is -0.366 e. The number of nitrogens with one attached hydrogen (secondary N) is 1. The lowest BCUT2D eigenvalue weighted by Gasteiger charge is -2.09. The summed E-state index contributed by atoms with van der Waals surface area (Å²) in [6.07, 6.45) is 1.70. The Kier molecular flexibility index (Phi) is 6.96. The van der Waals surface area contributed by atoms with Gasteiger partial charge in [-0.1, -0.05) is 41.0 Å². The van der Waals surface area contributed by atoms with E-state index in [1.807, 2.05) is 0 Å². The molecule has 2 aromatic heterocycles. The van der Waals surface area contributed by atoms with Gasteiger partial charge in [-0.15, -0.1) is 28.1 Å². The average molecular weight is 468 g/mol. The number of carbonyl (C=O) groups excluding carboxylic acids is 2. The molecule has 0 radical (unpaired) electrons. The third-order valence-corrected chi connectivity index (χ3v) is 6.06. The second kappa shape index (κ2) is 9.45. The van der Waals surface area contributed by atoms with E-state index >= 15 is 0 Å². The van der Waals surface area contributed by atoms with Crippen LogP contribution in [0.5, 0.6) is 0 Å². The monoisotopic (exact) mass is 467 g/mol. The summed E-state index contributed by atoms with van der Waals surface area (Å²) in [6.45, 7) is 4.19. The van der Waals surface area contributed by atoms with Crippen molar-refractivity contribution in [3.05, 3.63) is 57.9 Å². The van der Waals surface area contributed by atoms with Gasteiger partial charge in [0.25, 0.3) is 5.91 Å². The molecule has 1 aromatic carbocycles. The second-order valence-corrected chi connectivity index (χ2v) is 8.40. The Morgan fingerprint density at radius 3 is 2.79 bits per heavy atom. The third-order valence-electron chi connectivity index (χ3n) is 3.72. The summed E-state index contributed by atoms with van der Waals surface area (Å²) < 4.78 is 1.81. The number of rotatable bonds is 8. The van der Waals surface area contributed by atoms with Crippen molar-refractivity contribution in [1.29, 1.82) is 0 Å². The van der Waals surface area contributed by atoms with Crippen LogP contribution in [-0.4, -0.2) is 32.3 Å². The van der Waals surface area contributed by atoms with Crippen LogP contribution in [0.4, 0.5) is 5.00 Å². The molecule has 0 aliphatic rings. The van der Waals surface area contributed by atoms with Crippen molar-refractivity contribution in [1.82, 2.24) is 14.8 Å². The van der Waals surface area contributed by atoms with E-state index in [4.69, 9.17) is 28.9 Å². The Hall–Kier alpha value is -2.33. The molecule has 29 heavy (non-hydrogen) atoms. The number of amides is 2. The van der Waals surface area contributed by atoms with Gasteiger partial charge in [-0.05, 0) is 29.6 Å². The Labute approximate surface area is 184 Å². The molecule has 0 spiro atoms. The number of aromatic nitrogens is 3. The maximum absolute atomic E-state index is 12.3. The van der Waals surface area contributed by atoms with Crippen LogP contribution >= 0.6 is 46.3 Å². The number of thiophene rings is 1. The molecular formula is C18H15Cl2N5O2S2. The molecule has 3 aromatic rings. The van der Waals surface area contributed by atoms with Gasteiger partial charge in [0.05, 0.1) is 16.3 Å². The highest BCUT2D eigenvalue weighted by atomic mass is 35.5. The first kappa shape index (κ1) is 21.4. The van der Waals surface area contributed by atoms with E-state index in [9.17, 15) is 9.59 Å². The Bertz CT molecular complexity index is 1080. The van der Waals surface area contributed by atoms with Gasteiger partial charge in [-0.25, -0.2) is 0 Å². The molecule has 3 N–H and O–H groups in total. The number of anilines is 1. The van der Waals surface area contributed by atoms with E-state index in [0.717, 1.165) is 0 Å². The van der Waals surface area contributed by atoms with Gasteiger partial charge in [-0.2, -0.15) is 0 Å². The van der Waals surface area contributed by atoms with Crippen molar-refractivity contribution in [3.63, 3.8) is 0 Å². The van der Waals surface area contributed by atoms with Crippen LogP contribution in [-0.2, 0) is 11.3 Å². The van der Waals surface area contributed by atoms with E-state index in [0.29, 0.717) is 38.1 Å². The SMILES string of the molecule is C=CCn1c(SCC(=O)Nc2sccc2C(N)=O)nnc1-c1ccc(Cl)cc1Cl. The number of halogens is 2. The van der Waals surface area contributed by atoms with E-state index in [1.54, 1.807) is 40.3 Å². The first-order chi connectivity index (χ1) is 13.9. The first-order valence-electron chi connectivity index (χ1n) is 8.20. The summed E-state index contributed by atoms with van der Waals surface area (Å²) in [4.78, 5) is 23.7. The Balaban J connectivity index is 1.76. The van der Waals surface area contributed by atoms with Gasteiger partial charge in [0.15, 0.2) is 11.0 Å². The summed E-state index contributed by atoms with van der Waals surface area (Å²) >= 11 is 14.7. The number of primary amides is 1. The standard InChI is InChI=1S/C18H15Cl2N5O2S2/c1-2-6-25-16(11-4-3-10(19)8-13(11)20)23-24-18(25)29-9-14(26)22-17-12(15(21)27)5-7-28-17/h2-5,7-8H,1,6,9H2,(H2,21,27)(H,22,26). The van der Waals surface area contributed by atoms with Gasteiger partial charge in [0.1, 0.15) is 5.00 Å². The summed E-state index contributed by atoms with van der Waals surface area (Å²) in [7, 11) is 0. The van der Waals surface area contributed by atoms with Gasteiger partial charge in [-0.3, -0.25) is 14.2 Å². The lowest BCUT2D eigenvalue weighted by atomic mass is 10.2. The summed E-state index contributed by atoms with van der Waals surface area (Å²) in [5.41, 5.74) is 6.25. The molecule has 0 saturated carbocycles. The number of benzene rings is 1. The maximum atomic E-state index is 12.3. The van der Waals surface area contributed by atoms with Gasteiger partial charge < -0.3 is 11.1 Å². The predicted octanol–water partition coefficient (Wildman–Crippen LogP) is 4.33. The fourth-order valence-electron chi connectivity index (χ4n) is 2.45. The molecule has 0 aliphatic heterocycles. The molecule has 2 amide bonds. The highest BCUT2D eigenvalue weighted by Gasteiger charge is 2.18. The summed E-state index contributed by atoms with van der Waals surface area (Å²) in [6, 6.07) is 6.67. The van der Waals surface area contributed by atoms with Crippen molar-refractivity contribution >= 4 is 63.1 Å². The van der Waals surface area contributed by atoms with Crippen LogP contribution in [0.15, 0.2) is 47.5 Å². The predicted molar refractivity (Wildman–Crippen MR) is 118 cm³/mol. The van der Waals surface area contributed by atoms with Crippen LogP contribution < -0.4 is 11.1 Å². The Morgan fingerprint density at radius 1 is 1.31 bits per heavy atom. The normalized spacial score (nSPS) is 10.7. The van der Waals surface area contributed by atoms with Crippen LogP contribution in [0, 0.1) is 0 Å². The molecule has 0 unspecified atom stereocenters.